The van der Waals surface area contributed by atoms with E-state index < -0.39 is 0 Å². The van der Waals surface area contributed by atoms with Crippen molar-refractivity contribution in [3.63, 3.8) is 0 Å². The lowest BCUT2D eigenvalue weighted by molar-refractivity contribution is -0.147. The lowest BCUT2D eigenvalue weighted by Gasteiger charge is -2.36. The molecule has 1 fully saturated rings. The molecule has 1 atom stereocenters. The zero-order valence-electron chi connectivity index (χ0n) is 14.3. The van der Waals surface area contributed by atoms with Crippen molar-refractivity contribution in [1.29, 1.82) is 0 Å². The summed E-state index contributed by atoms with van der Waals surface area (Å²) < 4.78 is 5.12. The fourth-order valence-corrected chi connectivity index (χ4v) is 3.50. The maximum absolute atomic E-state index is 11.5. The van der Waals surface area contributed by atoms with Crippen LogP contribution in [0.4, 0.5) is 0 Å². The van der Waals surface area contributed by atoms with Crippen molar-refractivity contribution in [1.82, 2.24) is 10.2 Å². The van der Waals surface area contributed by atoms with Crippen LogP contribution in [0.15, 0.2) is 4.99 Å². The number of hydrogen-bond acceptors (Lipinski definition) is 4. The van der Waals surface area contributed by atoms with E-state index in [0.29, 0.717) is 24.1 Å². The number of hydrogen-bond donors (Lipinski definition) is 1. The van der Waals surface area contributed by atoms with Crippen LogP contribution in [-0.4, -0.2) is 60.6 Å². The highest BCUT2D eigenvalue weighted by molar-refractivity contribution is 14.0. The Kier molecular flexibility index (Phi) is 11.3. The fraction of sp³-hybridized carbons (Fsp3) is 0.867. The highest BCUT2D eigenvalue weighted by Gasteiger charge is 2.24. The molecule has 1 unspecified atom stereocenters. The second-order valence-corrected chi connectivity index (χ2v) is 7.21. The summed E-state index contributed by atoms with van der Waals surface area (Å²) in [5.74, 6) is 2.51. The second kappa shape index (κ2) is 11.4. The Bertz CT molecular complexity index is 365. The summed E-state index contributed by atoms with van der Waals surface area (Å²) in [7, 11) is 1.79. The van der Waals surface area contributed by atoms with E-state index in [0.717, 1.165) is 24.8 Å². The molecule has 0 aromatic carbocycles. The quantitative estimate of drug-likeness (QED) is 0.307. The first-order valence-corrected chi connectivity index (χ1v) is 8.75. The molecule has 1 saturated heterocycles. The van der Waals surface area contributed by atoms with Crippen LogP contribution < -0.4 is 5.32 Å². The summed E-state index contributed by atoms with van der Waals surface area (Å²) in [6, 6.07) is 0. The molecular formula is C15H30IN3O2S. The highest BCUT2D eigenvalue weighted by Crippen LogP contribution is 2.24. The van der Waals surface area contributed by atoms with E-state index in [1.165, 1.54) is 0 Å². The maximum atomic E-state index is 11.5. The normalized spacial score (nSPS) is 19.1. The Morgan fingerprint density at radius 2 is 2.09 bits per heavy atom. The zero-order chi connectivity index (χ0) is 15.8. The topological polar surface area (TPSA) is 53.9 Å². The third-order valence-corrected chi connectivity index (χ3v) is 4.87. The number of ether oxygens (including phenoxy) is 1. The van der Waals surface area contributed by atoms with Crippen molar-refractivity contribution in [2.75, 3.05) is 32.4 Å². The van der Waals surface area contributed by atoms with Crippen LogP contribution in [0, 0.1) is 5.92 Å². The Morgan fingerprint density at radius 1 is 1.41 bits per heavy atom. The Hall–Kier alpha value is -0.180. The number of guanidine groups is 1. The SMILES string of the molecule is CN=C(NCCC(=O)OC(C)C)N1CCSC(C(C)C)C1.I. The average molecular weight is 443 g/mol. The van der Waals surface area contributed by atoms with Crippen LogP contribution in [-0.2, 0) is 9.53 Å². The van der Waals surface area contributed by atoms with Gasteiger partial charge in [-0.05, 0) is 19.8 Å². The number of halogens is 1. The molecule has 0 bridgehead atoms. The summed E-state index contributed by atoms with van der Waals surface area (Å²) in [6.45, 7) is 10.8. The number of rotatable bonds is 5. The summed E-state index contributed by atoms with van der Waals surface area (Å²) in [5, 5.41) is 3.91. The van der Waals surface area contributed by atoms with Gasteiger partial charge in [0.1, 0.15) is 0 Å². The van der Waals surface area contributed by atoms with E-state index in [-0.39, 0.29) is 36.0 Å². The Labute approximate surface area is 156 Å². The van der Waals surface area contributed by atoms with E-state index >= 15 is 0 Å². The molecule has 1 rings (SSSR count). The maximum Gasteiger partial charge on any atom is 0.307 e. The molecule has 1 aliphatic heterocycles. The van der Waals surface area contributed by atoms with Gasteiger partial charge in [0, 0.05) is 37.7 Å². The van der Waals surface area contributed by atoms with E-state index in [9.17, 15) is 4.79 Å². The molecular weight excluding hydrogens is 413 g/mol. The molecule has 1 N–H and O–H groups in total. The first-order chi connectivity index (χ1) is 9.93. The van der Waals surface area contributed by atoms with E-state index in [4.69, 9.17) is 4.74 Å². The molecule has 7 heteroatoms. The number of thioether (sulfide) groups is 1. The lowest BCUT2D eigenvalue weighted by Crippen LogP contribution is -2.49. The first-order valence-electron chi connectivity index (χ1n) is 7.70. The summed E-state index contributed by atoms with van der Waals surface area (Å²) in [6.07, 6.45) is 0.315. The number of carbonyl (C=O) groups excluding carboxylic acids is 1. The van der Waals surface area contributed by atoms with E-state index in [1.54, 1.807) is 7.05 Å². The number of carbonyl (C=O) groups is 1. The van der Waals surface area contributed by atoms with Gasteiger partial charge in [0.2, 0.25) is 0 Å². The van der Waals surface area contributed by atoms with Gasteiger partial charge in [-0.25, -0.2) is 0 Å². The Balaban J connectivity index is 0.00000441. The zero-order valence-corrected chi connectivity index (χ0v) is 17.4. The molecule has 130 valence electrons. The lowest BCUT2D eigenvalue weighted by atomic mass is 10.1. The van der Waals surface area contributed by atoms with E-state index in [2.05, 4.69) is 29.1 Å². The number of esters is 1. The molecule has 0 saturated carbocycles. The van der Waals surface area contributed by atoms with Crippen LogP contribution in [0.2, 0.25) is 0 Å². The smallest absolute Gasteiger partial charge is 0.307 e. The van der Waals surface area contributed by atoms with Crippen LogP contribution in [0.1, 0.15) is 34.1 Å². The molecule has 0 radical (unpaired) electrons. The van der Waals surface area contributed by atoms with Gasteiger partial charge in [0.05, 0.1) is 12.5 Å². The van der Waals surface area contributed by atoms with Crippen molar-refractivity contribution >= 4 is 47.7 Å². The van der Waals surface area contributed by atoms with Crippen LogP contribution >= 0.6 is 35.7 Å². The van der Waals surface area contributed by atoms with Crippen LogP contribution in [0.3, 0.4) is 0 Å². The predicted molar refractivity (Wildman–Crippen MR) is 105 cm³/mol. The standard InChI is InChI=1S/C15H29N3O2S.HI/c1-11(2)13-10-18(8-9-21-13)15(16-5)17-7-6-14(19)20-12(3)4;/h11-13H,6-10H2,1-5H3,(H,16,17);1H. The minimum Gasteiger partial charge on any atom is -0.463 e. The second-order valence-electron chi connectivity index (χ2n) is 5.86. The fourth-order valence-electron chi connectivity index (χ4n) is 2.20. The average Bonchev–Trinajstić information content (AvgIpc) is 2.43. The van der Waals surface area contributed by atoms with Crippen molar-refractivity contribution in [3.05, 3.63) is 0 Å². The number of nitrogens with one attached hydrogen (secondary N) is 1. The van der Waals surface area contributed by atoms with Crippen molar-refractivity contribution in [2.45, 2.75) is 45.5 Å². The predicted octanol–water partition coefficient (Wildman–Crippen LogP) is 2.59. The minimum atomic E-state index is -0.165. The van der Waals surface area contributed by atoms with Gasteiger partial charge < -0.3 is 15.0 Å². The van der Waals surface area contributed by atoms with Gasteiger partial charge in [0.25, 0.3) is 0 Å². The molecule has 5 nitrogen and oxygen atoms in total. The highest BCUT2D eigenvalue weighted by atomic mass is 127. The number of aliphatic imine (C=N–C) groups is 1. The largest absolute Gasteiger partial charge is 0.463 e. The first kappa shape index (κ1) is 21.8. The van der Waals surface area contributed by atoms with Crippen molar-refractivity contribution in [2.24, 2.45) is 10.9 Å². The summed E-state index contributed by atoms with van der Waals surface area (Å²) >= 11 is 2.04. The molecule has 0 aliphatic carbocycles. The minimum absolute atomic E-state index is 0. The molecule has 0 aromatic rings. The molecule has 0 amide bonds. The molecule has 1 aliphatic rings. The third kappa shape index (κ3) is 7.89. The van der Waals surface area contributed by atoms with Gasteiger partial charge in [-0.2, -0.15) is 11.8 Å². The molecule has 22 heavy (non-hydrogen) atoms. The van der Waals surface area contributed by atoms with Crippen LogP contribution in [0.25, 0.3) is 0 Å². The van der Waals surface area contributed by atoms with E-state index in [1.807, 2.05) is 25.6 Å². The summed E-state index contributed by atoms with van der Waals surface area (Å²) in [5.41, 5.74) is 0. The van der Waals surface area contributed by atoms with Gasteiger partial charge in [-0.15, -0.1) is 24.0 Å². The third-order valence-electron chi connectivity index (χ3n) is 3.33. The van der Waals surface area contributed by atoms with Gasteiger partial charge in [-0.1, -0.05) is 13.8 Å². The number of nitrogens with zero attached hydrogens (tertiary/aromatic N) is 2. The van der Waals surface area contributed by atoms with Gasteiger partial charge in [0.15, 0.2) is 5.96 Å². The monoisotopic (exact) mass is 443 g/mol. The summed E-state index contributed by atoms with van der Waals surface area (Å²) in [4.78, 5) is 18.1. The van der Waals surface area contributed by atoms with Gasteiger partial charge in [-0.3, -0.25) is 9.79 Å². The molecule has 0 spiro atoms. The molecule has 0 aromatic heterocycles. The Morgan fingerprint density at radius 3 is 2.64 bits per heavy atom. The van der Waals surface area contributed by atoms with Crippen LogP contribution in [0.5, 0.6) is 0 Å². The molecule has 1 heterocycles. The van der Waals surface area contributed by atoms with Gasteiger partial charge >= 0.3 is 5.97 Å². The van der Waals surface area contributed by atoms with Crippen molar-refractivity contribution in [3.8, 4) is 0 Å². The van der Waals surface area contributed by atoms with Crippen molar-refractivity contribution < 1.29 is 9.53 Å².